The quantitative estimate of drug-likeness (QED) is 0.741. The van der Waals surface area contributed by atoms with E-state index in [0.29, 0.717) is 27.1 Å². The lowest BCUT2D eigenvalue weighted by Gasteiger charge is -2.19. The van der Waals surface area contributed by atoms with Gasteiger partial charge in [0.05, 0.1) is 34.1 Å². The van der Waals surface area contributed by atoms with Gasteiger partial charge >= 0.3 is 0 Å². The molecule has 3 N–H and O–H groups in total. The highest BCUT2D eigenvalue weighted by Gasteiger charge is 2.21. The molecule has 2 aromatic rings. The normalized spacial score (nSPS) is 12.8. The highest BCUT2D eigenvalue weighted by atomic mass is 35.5. The van der Waals surface area contributed by atoms with Crippen molar-refractivity contribution < 1.29 is 9.84 Å². The molecule has 2 atom stereocenters. The van der Waals surface area contributed by atoms with Gasteiger partial charge in [-0.15, -0.1) is 24.8 Å². The van der Waals surface area contributed by atoms with E-state index in [9.17, 15) is 5.11 Å². The van der Waals surface area contributed by atoms with E-state index >= 15 is 0 Å². The van der Waals surface area contributed by atoms with E-state index in [1.165, 1.54) is 0 Å². The molecule has 8 heteroatoms. The molecule has 1 aromatic heterocycles. The van der Waals surface area contributed by atoms with Crippen LogP contribution < -0.4 is 10.5 Å². The molecule has 4 nitrogen and oxygen atoms in total. The van der Waals surface area contributed by atoms with Crippen LogP contribution in [0.4, 0.5) is 0 Å². The summed E-state index contributed by atoms with van der Waals surface area (Å²) in [7, 11) is 0. The van der Waals surface area contributed by atoms with Gasteiger partial charge in [0.15, 0.2) is 0 Å². The molecule has 0 fully saturated rings. The molecule has 134 valence electrons. The van der Waals surface area contributed by atoms with Gasteiger partial charge in [0.2, 0.25) is 0 Å². The minimum Gasteiger partial charge on any atom is -0.489 e. The number of rotatable bonds is 5. The molecule has 2 unspecified atom stereocenters. The van der Waals surface area contributed by atoms with Gasteiger partial charge in [-0.25, -0.2) is 0 Å². The molecule has 0 amide bonds. The first-order chi connectivity index (χ1) is 10.4. The van der Waals surface area contributed by atoms with Gasteiger partial charge in [-0.2, -0.15) is 0 Å². The van der Waals surface area contributed by atoms with Gasteiger partial charge in [0.25, 0.3) is 0 Å². The summed E-state index contributed by atoms with van der Waals surface area (Å²) < 4.78 is 5.52. The Kier molecular flexibility index (Phi) is 9.97. The number of aliphatic hydroxyl groups is 1. The van der Waals surface area contributed by atoms with Crippen LogP contribution in [0.15, 0.2) is 36.5 Å². The summed E-state index contributed by atoms with van der Waals surface area (Å²) in [6.07, 6.45) is 0.682. The summed E-state index contributed by atoms with van der Waals surface area (Å²) in [6.45, 7) is 3.87. The van der Waals surface area contributed by atoms with E-state index in [-0.39, 0.29) is 30.9 Å². The van der Waals surface area contributed by atoms with Gasteiger partial charge in [0, 0.05) is 0 Å². The predicted molar refractivity (Wildman–Crippen MR) is 103 cm³/mol. The fourth-order valence-corrected chi connectivity index (χ4v) is 2.30. The summed E-state index contributed by atoms with van der Waals surface area (Å²) in [5.74, 6) is 0.647. The van der Waals surface area contributed by atoms with Gasteiger partial charge in [0.1, 0.15) is 11.9 Å². The van der Waals surface area contributed by atoms with E-state index in [1.807, 2.05) is 13.8 Å². The molecule has 2 rings (SSSR count). The fourth-order valence-electron chi connectivity index (χ4n) is 1.99. The minimum atomic E-state index is -0.953. The Morgan fingerprint density at radius 3 is 2.25 bits per heavy atom. The van der Waals surface area contributed by atoms with E-state index in [1.54, 1.807) is 36.5 Å². The topological polar surface area (TPSA) is 68.4 Å². The second-order valence-electron chi connectivity index (χ2n) is 5.23. The highest BCUT2D eigenvalue weighted by molar-refractivity contribution is 6.42. The summed E-state index contributed by atoms with van der Waals surface area (Å²) in [5, 5.41) is 11.2. The maximum Gasteiger partial charge on any atom is 0.137 e. The smallest absolute Gasteiger partial charge is 0.137 e. The van der Waals surface area contributed by atoms with Crippen LogP contribution in [-0.2, 0) is 0 Å². The Balaban J connectivity index is 0.00000264. The van der Waals surface area contributed by atoms with Crippen LogP contribution in [0, 0.1) is 0 Å². The summed E-state index contributed by atoms with van der Waals surface area (Å²) >= 11 is 11.9. The van der Waals surface area contributed by atoms with Crippen LogP contribution in [0.5, 0.6) is 5.75 Å². The van der Waals surface area contributed by atoms with Crippen molar-refractivity contribution >= 4 is 48.0 Å². The Hall–Kier alpha value is -0.750. The molecular weight excluding hydrogens is 394 g/mol. The van der Waals surface area contributed by atoms with Crippen molar-refractivity contribution in [3.8, 4) is 5.75 Å². The monoisotopic (exact) mass is 412 g/mol. The zero-order valence-corrected chi connectivity index (χ0v) is 16.3. The molecule has 0 radical (unpaired) electrons. The number of halogens is 4. The lowest BCUT2D eigenvalue weighted by atomic mass is 10.00. The first-order valence-corrected chi connectivity index (χ1v) is 7.65. The number of nitrogens with zero attached hydrogens (tertiary/aromatic N) is 1. The second-order valence-corrected chi connectivity index (χ2v) is 6.04. The number of hydrogen-bond acceptors (Lipinski definition) is 4. The SMILES string of the molecule is CC(C)Oc1ccc(C(O)C(N)c2ccc(Cl)c(Cl)c2)nc1.Cl.Cl. The van der Waals surface area contributed by atoms with Crippen molar-refractivity contribution in [3.63, 3.8) is 0 Å². The molecule has 0 aliphatic carbocycles. The molecule has 0 spiro atoms. The third-order valence-electron chi connectivity index (χ3n) is 3.10. The molecule has 0 aliphatic rings. The zero-order valence-electron chi connectivity index (χ0n) is 13.1. The Morgan fingerprint density at radius 1 is 1.08 bits per heavy atom. The first kappa shape index (κ1) is 23.2. The number of pyridine rings is 1. The Bertz CT molecular complexity index is 638. The number of aliphatic hydroxyl groups excluding tert-OH is 1. The van der Waals surface area contributed by atoms with Crippen molar-refractivity contribution in [1.82, 2.24) is 4.98 Å². The van der Waals surface area contributed by atoms with Crippen molar-refractivity contribution in [1.29, 1.82) is 0 Å². The Labute approximate surface area is 164 Å². The second kappa shape index (κ2) is 10.3. The molecule has 0 aliphatic heterocycles. The molecule has 0 saturated carbocycles. The van der Waals surface area contributed by atoms with Crippen LogP contribution >= 0.6 is 48.0 Å². The third kappa shape index (κ3) is 5.96. The maximum atomic E-state index is 10.4. The highest BCUT2D eigenvalue weighted by Crippen LogP contribution is 2.30. The van der Waals surface area contributed by atoms with Gasteiger partial charge in [-0.1, -0.05) is 29.3 Å². The van der Waals surface area contributed by atoms with E-state index in [2.05, 4.69) is 4.98 Å². The first-order valence-electron chi connectivity index (χ1n) is 6.89. The summed E-state index contributed by atoms with van der Waals surface area (Å²) in [5.41, 5.74) is 7.24. The fraction of sp³-hybridized carbons (Fsp3) is 0.312. The average Bonchev–Trinajstić information content (AvgIpc) is 2.49. The average molecular weight is 414 g/mol. The lowest BCUT2D eigenvalue weighted by Crippen LogP contribution is -2.20. The Morgan fingerprint density at radius 2 is 1.75 bits per heavy atom. The van der Waals surface area contributed by atoms with Crippen LogP contribution in [-0.4, -0.2) is 16.2 Å². The lowest BCUT2D eigenvalue weighted by molar-refractivity contribution is 0.142. The molecular formula is C16H20Cl4N2O2. The van der Waals surface area contributed by atoms with Crippen molar-refractivity contribution in [2.24, 2.45) is 5.73 Å². The van der Waals surface area contributed by atoms with Crippen molar-refractivity contribution in [2.45, 2.75) is 32.1 Å². The molecule has 0 bridgehead atoms. The number of aromatic nitrogens is 1. The predicted octanol–water partition coefficient (Wildman–Crippen LogP) is 4.75. The maximum absolute atomic E-state index is 10.4. The van der Waals surface area contributed by atoms with Crippen molar-refractivity contribution in [3.05, 3.63) is 57.8 Å². The van der Waals surface area contributed by atoms with Crippen molar-refractivity contribution in [2.75, 3.05) is 0 Å². The van der Waals surface area contributed by atoms with Crippen LogP contribution in [0.1, 0.15) is 37.3 Å². The number of benzene rings is 1. The number of hydrogen-bond donors (Lipinski definition) is 2. The number of nitrogens with two attached hydrogens (primary N) is 1. The van der Waals surface area contributed by atoms with Crippen LogP contribution in [0.2, 0.25) is 10.0 Å². The van der Waals surface area contributed by atoms with Gasteiger partial charge in [-0.3, -0.25) is 4.98 Å². The van der Waals surface area contributed by atoms with Crippen LogP contribution in [0.3, 0.4) is 0 Å². The van der Waals surface area contributed by atoms with Gasteiger partial charge in [-0.05, 0) is 43.7 Å². The molecule has 1 heterocycles. The summed E-state index contributed by atoms with van der Waals surface area (Å²) in [4.78, 5) is 4.20. The van der Waals surface area contributed by atoms with Gasteiger partial charge < -0.3 is 15.6 Å². The summed E-state index contributed by atoms with van der Waals surface area (Å²) in [6, 6.07) is 7.83. The van der Waals surface area contributed by atoms with E-state index in [4.69, 9.17) is 33.7 Å². The standard InChI is InChI=1S/C16H18Cl2N2O2.2ClH/c1-9(2)22-11-4-6-14(20-8-11)16(21)15(19)10-3-5-12(17)13(18)7-10;;/h3-9,15-16,21H,19H2,1-2H3;2*1H. The number of ether oxygens (including phenoxy) is 1. The van der Waals surface area contributed by atoms with Crippen LogP contribution in [0.25, 0.3) is 0 Å². The third-order valence-corrected chi connectivity index (χ3v) is 3.84. The largest absolute Gasteiger partial charge is 0.489 e. The molecule has 1 aromatic carbocycles. The van der Waals surface area contributed by atoms with E-state index < -0.39 is 12.1 Å². The van der Waals surface area contributed by atoms with E-state index in [0.717, 1.165) is 0 Å². The molecule has 24 heavy (non-hydrogen) atoms. The minimum absolute atomic E-state index is 0. The molecule has 0 saturated heterocycles. The zero-order chi connectivity index (χ0) is 16.3.